The van der Waals surface area contributed by atoms with Crippen LogP contribution in [0, 0.1) is 11.2 Å². The molecular weight excluding hydrogens is 427 g/mol. The van der Waals surface area contributed by atoms with Crippen LogP contribution in [0.4, 0.5) is 15.9 Å². The van der Waals surface area contributed by atoms with Crippen LogP contribution in [0.2, 0.25) is 0 Å². The largest absolute Gasteiger partial charge is 0.382 e. The maximum Gasteiger partial charge on any atom is 0.235 e. The molecule has 33 heavy (non-hydrogen) atoms. The minimum atomic E-state index is -1.35. The van der Waals surface area contributed by atoms with E-state index in [1.807, 2.05) is 19.9 Å². The van der Waals surface area contributed by atoms with Crippen molar-refractivity contribution < 1.29 is 14.2 Å². The maximum atomic E-state index is 14.3. The van der Waals surface area contributed by atoms with Crippen molar-refractivity contribution in [2.45, 2.75) is 32.8 Å². The number of methoxy groups -OCH3 is 1. The third-order valence-corrected chi connectivity index (χ3v) is 5.19. The predicted octanol–water partition coefficient (Wildman–Crippen LogP) is 2.46. The Labute approximate surface area is 189 Å². The second-order valence-electron chi connectivity index (χ2n) is 7.71. The number of halogens is 1. The summed E-state index contributed by atoms with van der Waals surface area (Å²) in [7, 11) is 1.32. The molecule has 0 saturated carbocycles. The summed E-state index contributed by atoms with van der Waals surface area (Å²) in [6.45, 7) is 3.96. The lowest BCUT2D eigenvalue weighted by Gasteiger charge is -2.21. The van der Waals surface area contributed by atoms with Gasteiger partial charge in [0.15, 0.2) is 22.8 Å². The van der Waals surface area contributed by atoms with Gasteiger partial charge in [-0.25, -0.2) is 19.0 Å². The molecule has 0 fully saturated rings. The van der Waals surface area contributed by atoms with Gasteiger partial charge in [-0.05, 0) is 32.0 Å². The molecule has 0 spiro atoms. The highest BCUT2D eigenvalue weighted by Crippen LogP contribution is 2.29. The number of pyridine rings is 1. The number of nitrogen functional groups attached to an aromatic ring is 1. The van der Waals surface area contributed by atoms with Gasteiger partial charge in [0.05, 0.1) is 11.9 Å². The highest BCUT2D eigenvalue weighted by atomic mass is 19.1. The molecule has 5 N–H and O–H groups in total. The van der Waals surface area contributed by atoms with E-state index in [0.717, 1.165) is 0 Å². The van der Waals surface area contributed by atoms with E-state index in [1.54, 1.807) is 39.7 Å². The average Bonchev–Trinajstić information content (AvgIpc) is 3.15. The molecule has 0 amide bonds. The molecule has 0 saturated heterocycles. The standard InChI is InChI=1S/C22H25FN8O2/c1-12(2)31-19(25)17(27-22(32)33-3)18(24)28-21(31)16-14-8-6-10-26-20(14)30(29-16)11-13-7-4-5-9-15(13)23/h4-10,12,22,25,27,32H,11,24H2,1-3H3. The van der Waals surface area contributed by atoms with E-state index in [0.29, 0.717) is 28.1 Å². The van der Waals surface area contributed by atoms with E-state index in [1.165, 1.54) is 13.2 Å². The fraction of sp³-hybridized carbons (Fsp3) is 0.273. The third-order valence-electron chi connectivity index (χ3n) is 5.19. The van der Waals surface area contributed by atoms with E-state index >= 15 is 0 Å². The number of benzene rings is 1. The highest BCUT2D eigenvalue weighted by Gasteiger charge is 2.23. The summed E-state index contributed by atoms with van der Waals surface area (Å²) in [5, 5.41) is 26.6. The average molecular weight is 452 g/mol. The van der Waals surface area contributed by atoms with Gasteiger partial charge < -0.3 is 25.5 Å². The van der Waals surface area contributed by atoms with Crippen LogP contribution in [0.3, 0.4) is 0 Å². The SMILES string of the molecule is COC(O)Nc1c(N)nc(-c2nn(Cc3ccccc3F)c3ncccc23)n(C(C)C)c1=N. The first kappa shape index (κ1) is 22.4. The van der Waals surface area contributed by atoms with Crippen molar-refractivity contribution in [3.05, 3.63) is 59.5 Å². The molecule has 0 aliphatic carbocycles. The van der Waals surface area contributed by atoms with E-state index in [2.05, 4.69) is 15.3 Å². The van der Waals surface area contributed by atoms with Crippen LogP contribution in [0.1, 0.15) is 25.5 Å². The number of anilines is 2. The molecule has 11 heteroatoms. The van der Waals surface area contributed by atoms with E-state index in [4.69, 9.17) is 21.0 Å². The van der Waals surface area contributed by atoms with Crippen molar-refractivity contribution in [3.8, 4) is 11.5 Å². The Morgan fingerprint density at radius 1 is 1.24 bits per heavy atom. The molecule has 10 nitrogen and oxygen atoms in total. The van der Waals surface area contributed by atoms with Gasteiger partial charge in [-0.2, -0.15) is 5.10 Å². The molecule has 3 aromatic heterocycles. The fourth-order valence-corrected chi connectivity index (χ4v) is 3.64. The van der Waals surface area contributed by atoms with Crippen LogP contribution in [-0.2, 0) is 11.3 Å². The molecule has 1 aromatic carbocycles. The van der Waals surface area contributed by atoms with Gasteiger partial charge in [-0.15, -0.1) is 0 Å². The van der Waals surface area contributed by atoms with Gasteiger partial charge in [0.25, 0.3) is 0 Å². The summed E-state index contributed by atoms with van der Waals surface area (Å²) in [5.41, 5.74) is 7.77. The topological polar surface area (TPSA) is 140 Å². The highest BCUT2D eigenvalue weighted by molar-refractivity contribution is 5.89. The Morgan fingerprint density at radius 3 is 2.70 bits per heavy atom. The number of hydrogen-bond donors (Lipinski definition) is 4. The smallest absolute Gasteiger partial charge is 0.235 e. The van der Waals surface area contributed by atoms with E-state index in [9.17, 15) is 9.50 Å². The molecular formula is C22H25FN8O2. The molecule has 0 radical (unpaired) electrons. The number of nitrogens with zero attached hydrogens (tertiary/aromatic N) is 5. The first-order valence-electron chi connectivity index (χ1n) is 10.3. The van der Waals surface area contributed by atoms with Gasteiger partial charge in [-0.1, -0.05) is 18.2 Å². The number of fused-ring (bicyclic) bond motifs is 1. The molecule has 0 aliphatic heterocycles. The Bertz CT molecular complexity index is 1360. The predicted molar refractivity (Wildman–Crippen MR) is 122 cm³/mol. The van der Waals surface area contributed by atoms with Crippen LogP contribution < -0.4 is 16.5 Å². The number of rotatable bonds is 7. The second kappa shape index (κ2) is 8.96. The number of ether oxygens (including phenoxy) is 1. The number of aromatic nitrogens is 5. The summed E-state index contributed by atoms with van der Waals surface area (Å²) in [6, 6.07) is 9.92. The third kappa shape index (κ3) is 4.15. The summed E-state index contributed by atoms with van der Waals surface area (Å²) < 4.78 is 22.4. The minimum absolute atomic E-state index is 0.00342. The van der Waals surface area contributed by atoms with Gasteiger partial charge in [0.2, 0.25) is 6.41 Å². The van der Waals surface area contributed by atoms with Crippen LogP contribution in [0.5, 0.6) is 0 Å². The number of hydrogen-bond acceptors (Lipinski definition) is 8. The first-order chi connectivity index (χ1) is 15.8. The van der Waals surface area contributed by atoms with E-state index in [-0.39, 0.29) is 35.4 Å². The van der Waals surface area contributed by atoms with Crippen LogP contribution in [0.25, 0.3) is 22.6 Å². The second-order valence-corrected chi connectivity index (χ2v) is 7.71. The zero-order chi connectivity index (χ0) is 23.7. The molecule has 1 atom stereocenters. The van der Waals surface area contributed by atoms with Gasteiger partial charge in [-0.3, -0.25) is 5.41 Å². The lowest BCUT2D eigenvalue weighted by atomic mass is 10.2. The van der Waals surface area contributed by atoms with Crippen LogP contribution in [0.15, 0.2) is 42.6 Å². The van der Waals surface area contributed by atoms with E-state index < -0.39 is 6.41 Å². The first-order valence-corrected chi connectivity index (χ1v) is 10.3. The Hall–Kier alpha value is -3.83. The summed E-state index contributed by atoms with van der Waals surface area (Å²) in [6.07, 6.45) is 0.286. The maximum absolute atomic E-state index is 14.3. The Balaban J connectivity index is 1.92. The van der Waals surface area contributed by atoms with Gasteiger partial charge in [0.1, 0.15) is 17.2 Å². The normalized spacial score (nSPS) is 12.4. The van der Waals surface area contributed by atoms with Crippen molar-refractivity contribution in [2.24, 2.45) is 0 Å². The fourth-order valence-electron chi connectivity index (χ4n) is 3.64. The minimum Gasteiger partial charge on any atom is -0.382 e. The number of nitrogens with one attached hydrogen (secondary N) is 2. The summed E-state index contributed by atoms with van der Waals surface area (Å²) in [4.78, 5) is 8.96. The molecule has 172 valence electrons. The van der Waals surface area contributed by atoms with Gasteiger partial charge in [0, 0.05) is 24.9 Å². The lowest BCUT2D eigenvalue weighted by Crippen LogP contribution is -2.33. The summed E-state index contributed by atoms with van der Waals surface area (Å²) in [5.74, 6) is 0.0257. The van der Waals surface area contributed by atoms with Crippen LogP contribution >= 0.6 is 0 Å². The molecule has 3 heterocycles. The number of aliphatic hydroxyl groups excluding tert-OH is 1. The van der Waals surface area contributed by atoms with Crippen LogP contribution in [-0.4, -0.2) is 42.9 Å². The molecule has 0 aliphatic rings. The summed E-state index contributed by atoms with van der Waals surface area (Å²) >= 11 is 0. The van der Waals surface area contributed by atoms with Crippen molar-refractivity contribution in [1.82, 2.24) is 24.3 Å². The molecule has 1 unspecified atom stereocenters. The number of aliphatic hydroxyl groups is 1. The lowest BCUT2D eigenvalue weighted by molar-refractivity contribution is -0.0511. The van der Waals surface area contributed by atoms with Crippen molar-refractivity contribution in [1.29, 1.82) is 5.41 Å². The van der Waals surface area contributed by atoms with Crippen molar-refractivity contribution in [3.63, 3.8) is 0 Å². The Morgan fingerprint density at radius 2 is 2.00 bits per heavy atom. The molecule has 4 rings (SSSR count). The van der Waals surface area contributed by atoms with Crippen molar-refractivity contribution in [2.75, 3.05) is 18.2 Å². The number of nitrogens with two attached hydrogens (primary N) is 1. The molecule has 4 aromatic rings. The zero-order valence-corrected chi connectivity index (χ0v) is 18.5. The van der Waals surface area contributed by atoms with Gasteiger partial charge >= 0.3 is 0 Å². The molecule has 0 bridgehead atoms. The monoisotopic (exact) mass is 452 g/mol. The Kier molecular flexibility index (Phi) is 6.07. The zero-order valence-electron chi connectivity index (χ0n) is 18.5. The van der Waals surface area contributed by atoms with Crippen molar-refractivity contribution >= 4 is 22.5 Å². The quantitative estimate of drug-likeness (QED) is 0.316.